The van der Waals surface area contributed by atoms with Crippen molar-refractivity contribution in [2.75, 3.05) is 0 Å². The number of halogens is 3. The van der Waals surface area contributed by atoms with Gasteiger partial charge in [-0.2, -0.15) is 18.3 Å². The van der Waals surface area contributed by atoms with E-state index in [-0.39, 0.29) is 12.1 Å². The largest absolute Gasteiger partial charge is 0.416 e. The van der Waals surface area contributed by atoms with Gasteiger partial charge in [0.15, 0.2) is 0 Å². The Kier molecular flexibility index (Phi) is 3.28. The minimum Gasteiger partial charge on any atom is -0.366 e. The van der Waals surface area contributed by atoms with Gasteiger partial charge in [-0.3, -0.25) is 9.48 Å². The van der Waals surface area contributed by atoms with Crippen LogP contribution in [0.15, 0.2) is 36.7 Å². The molecule has 7 heteroatoms. The number of aromatic nitrogens is 2. The molecule has 0 fully saturated rings. The van der Waals surface area contributed by atoms with Crippen molar-refractivity contribution in [2.45, 2.75) is 12.7 Å². The number of amides is 1. The van der Waals surface area contributed by atoms with Crippen LogP contribution < -0.4 is 5.73 Å². The van der Waals surface area contributed by atoms with Crippen LogP contribution in [0.5, 0.6) is 0 Å². The van der Waals surface area contributed by atoms with Crippen LogP contribution in [0.3, 0.4) is 0 Å². The number of rotatable bonds is 3. The molecule has 2 aromatic rings. The van der Waals surface area contributed by atoms with E-state index in [0.29, 0.717) is 5.56 Å². The van der Waals surface area contributed by atoms with Gasteiger partial charge < -0.3 is 5.73 Å². The number of benzene rings is 1. The van der Waals surface area contributed by atoms with Gasteiger partial charge in [0.05, 0.1) is 23.9 Å². The number of primary amides is 1. The van der Waals surface area contributed by atoms with E-state index < -0.39 is 17.6 Å². The van der Waals surface area contributed by atoms with E-state index in [0.717, 1.165) is 12.1 Å². The monoisotopic (exact) mass is 269 g/mol. The summed E-state index contributed by atoms with van der Waals surface area (Å²) in [6.07, 6.45) is -1.59. The van der Waals surface area contributed by atoms with Crippen LogP contribution in [0, 0.1) is 0 Å². The predicted molar refractivity (Wildman–Crippen MR) is 61.3 cm³/mol. The van der Waals surface area contributed by atoms with Crippen molar-refractivity contribution >= 4 is 5.91 Å². The molecule has 0 aliphatic heterocycles. The first-order chi connectivity index (χ1) is 8.86. The number of carbonyl (C=O) groups is 1. The Morgan fingerprint density at radius 3 is 2.37 bits per heavy atom. The lowest BCUT2D eigenvalue weighted by molar-refractivity contribution is -0.137. The zero-order valence-corrected chi connectivity index (χ0v) is 9.69. The summed E-state index contributed by atoms with van der Waals surface area (Å²) in [6, 6.07) is 4.75. The van der Waals surface area contributed by atoms with E-state index >= 15 is 0 Å². The lowest BCUT2D eigenvalue weighted by Gasteiger charge is -2.07. The third kappa shape index (κ3) is 3.12. The summed E-state index contributed by atoms with van der Waals surface area (Å²) in [4.78, 5) is 10.9. The predicted octanol–water partition coefficient (Wildman–Crippen LogP) is 2.05. The van der Waals surface area contributed by atoms with E-state index in [1.165, 1.54) is 29.2 Å². The van der Waals surface area contributed by atoms with Crippen LogP contribution in [0.4, 0.5) is 13.2 Å². The Morgan fingerprint density at radius 1 is 1.26 bits per heavy atom. The van der Waals surface area contributed by atoms with Crippen LogP contribution in [0.25, 0.3) is 0 Å². The molecule has 1 aromatic heterocycles. The molecule has 0 unspecified atom stereocenters. The van der Waals surface area contributed by atoms with Gasteiger partial charge in [-0.1, -0.05) is 12.1 Å². The fraction of sp³-hybridized carbons (Fsp3) is 0.167. The summed E-state index contributed by atoms with van der Waals surface area (Å²) in [6.45, 7) is 0.269. The van der Waals surface area contributed by atoms with Gasteiger partial charge >= 0.3 is 6.18 Å². The summed E-state index contributed by atoms with van der Waals surface area (Å²) in [5.74, 6) is -0.598. The van der Waals surface area contributed by atoms with E-state index in [1.807, 2.05) is 0 Å². The molecule has 0 saturated heterocycles. The number of hydrogen-bond donors (Lipinski definition) is 1. The minimum atomic E-state index is -4.34. The third-order valence-corrected chi connectivity index (χ3v) is 2.54. The van der Waals surface area contributed by atoms with Gasteiger partial charge in [0.2, 0.25) is 0 Å². The van der Waals surface area contributed by atoms with Crippen LogP contribution in [-0.2, 0) is 12.7 Å². The third-order valence-electron chi connectivity index (χ3n) is 2.54. The van der Waals surface area contributed by atoms with Crippen molar-refractivity contribution in [1.82, 2.24) is 9.78 Å². The lowest BCUT2D eigenvalue weighted by atomic mass is 10.1. The molecule has 0 atom stereocenters. The maximum absolute atomic E-state index is 12.4. The molecule has 1 heterocycles. The van der Waals surface area contributed by atoms with E-state index in [1.54, 1.807) is 0 Å². The van der Waals surface area contributed by atoms with E-state index in [9.17, 15) is 18.0 Å². The molecule has 100 valence electrons. The minimum absolute atomic E-state index is 0.256. The second kappa shape index (κ2) is 4.75. The van der Waals surface area contributed by atoms with E-state index in [2.05, 4.69) is 5.10 Å². The summed E-state index contributed by atoms with van der Waals surface area (Å²) >= 11 is 0. The molecule has 2 N–H and O–H groups in total. The van der Waals surface area contributed by atoms with Gasteiger partial charge in [-0.05, 0) is 17.7 Å². The molecule has 4 nitrogen and oxygen atoms in total. The summed E-state index contributed by atoms with van der Waals surface area (Å²) in [5.41, 5.74) is 5.27. The molecule has 19 heavy (non-hydrogen) atoms. The van der Waals surface area contributed by atoms with E-state index in [4.69, 9.17) is 5.73 Å². The fourth-order valence-electron chi connectivity index (χ4n) is 1.56. The first kappa shape index (κ1) is 13.1. The second-order valence-corrected chi connectivity index (χ2v) is 3.99. The SMILES string of the molecule is NC(=O)c1cnn(Cc2ccc(C(F)(F)F)cc2)c1. The maximum atomic E-state index is 12.4. The van der Waals surface area contributed by atoms with Gasteiger partial charge in [-0.25, -0.2) is 0 Å². The zero-order chi connectivity index (χ0) is 14.0. The highest BCUT2D eigenvalue weighted by molar-refractivity contribution is 5.92. The van der Waals surface area contributed by atoms with Crippen molar-refractivity contribution in [3.05, 3.63) is 53.3 Å². The average Bonchev–Trinajstić information content (AvgIpc) is 2.77. The lowest BCUT2D eigenvalue weighted by Crippen LogP contribution is -2.09. The number of nitrogens with zero attached hydrogens (tertiary/aromatic N) is 2. The van der Waals surface area contributed by atoms with Crippen LogP contribution in [0.2, 0.25) is 0 Å². The Hall–Kier alpha value is -2.31. The molecule has 0 bridgehead atoms. The summed E-state index contributed by atoms with van der Waals surface area (Å²) < 4.78 is 38.5. The maximum Gasteiger partial charge on any atom is 0.416 e. The number of nitrogens with two attached hydrogens (primary N) is 1. The standard InChI is InChI=1S/C12H10F3N3O/c13-12(14,15)10-3-1-8(2-4-10)6-18-7-9(5-17-18)11(16)19/h1-5,7H,6H2,(H2,16,19). The van der Waals surface area contributed by atoms with Crippen molar-refractivity contribution in [2.24, 2.45) is 5.73 Å². The Balaban J connectivity index is 2.13. The zero-order valence-electron chi connectivity index (χ0n) is 9.69. The first-order valence-electron chi connectivity index (χ1n) is 5.34. The molecule has 1 amide bonds. The molecular formula is C12H10F3N3O. The van der Waals surface area contributed by atoms with Crippen LogP contribution in [0.1, 0.15) is 21.5 Å². The highest BCUT2D eigenvalue weighted by Crippen LogP contribution is 2.29. The topological polar surface area (TPSA) is 60.9 Å². The molecular weight excluding hydrogens is 259 g/mol. The van der Waals surface area contributed by atoms with Gasteiger partial charge in [0.25, 0.3) is 5.91 Å². The normalized spacial score (nSPS) is 11.5. The molecule has 1 aromatic carbocycles. The summed E-state index contributed by atoms with van der Waals surface area (Å²) in [7, 11) is 0. The molecule has 0 radical (unpaired) electrons. The smallest absolute Gasteiger partial charge is 0.366 e. The van der Waals surface area contributed by atoms with Crippen LogP contribution >= 0.6 is 0 Å². The van der Waals surface area contributed by atoms with Gasteiger partial charge in [0, 0.05) is 6.20 Å². The molecule has 0 aliphatic rings. The Labute approximate surface area is 106 Å². The molecule has 0 aliphatic carbocycles. The Morgan fingerprint density at radius 2 is 1.89 bits per heavy atom. The van der Waals surface area contributed by atoms with Crippen molar-refractivity contribution in [3.8, 4) is 0 Å². The number of carbonyl (C=O) groups excluding carboxylic acids is 1. The second-order valence-electron chi connectivity index (χ2n) is 3.99. The van der Waals surface area contributed by atoms with Gasteiger partial charge in [0.1, 0.15) is 0 Å². The molecule has 0 spiro atoms. The van der Waals surface area contributed by atoms with Crippen LogP contribution in [-0.4, -0.2) is 15.7 Å². The fourth-order valence-corrected chi connectivity index (χ4v) is 1.56. The highest BCUT2D eigenvalue weighted by Gasteiger charge is 2.29. The average molecular weight is 269 g/mol. The number of hydrogen-bond acceptors (Lipinski definition) is 2. The summed E-state index contributed by atoms with van der Waals surface area (Å²) in [5, 5.41) is 3.90. The first-order valence-corrected chi connectivity index (χ1v) is 5.34. The highest BCUT2D eigenvalue weighted by atomic mass is 19.4. The molecule has 2 rings (SSSR count). The van der Waals surface area contributed by atoms with Crippen molar-refractivity contribution in [3.63, 3.8) is 0 Å². The van der Waals surface area contributed by atoms with Crippen molar-refractivity contribution < 1.29 is 18.0 Å². The van der Waals surface area contributed by atoms with Crippen molar-refractivity contribution in [1.29, 1.82) is 0 Å². The number of alkyl halides is 3. The Bertz CT molecular complexity index is 587. The molecule has 0 saturated carbocycles. The van der Waals surface area contributed by atoms with Gasteiger partial charge in [-0.15, -0.1) is 0 Å². The quantitative estimate of drug-likeness (QED) is 0.927.